The Morgan fingerprint density at radius 1 is 1.75 bits per heavy atom. The first-order valence-corrected chi connectivity index (χ1v) is 3.66. The van der Waals surface area contributed by atoms with Crippen molar-refractivity contribution in [1.82, 2.24) is 0 Å². The van der Waals surface area contributed by atoms with E-state index in [0.29, 0.717) is 6.42 Å². The number of hydrogen-bond donors (Lipinski definition) is 0. The van der Waals surface area contributed by atoms with E-state index in [-0.39, 0.29) is 12.3 Å². The van der Waals surface area contributed by atoms with E-state index in [2.05, 4.69) is 4.84 Å². The highest BCUT2D eigenvalue weighted by molar-refractivity contribution is 5.69. The Balaban J connectivity index is 3.78. The molecule has 66 valence electrons. The van der Waals surface area contributed by atoms with Gasteiger partial charge < -0.3 is 0 Å². The number of hydrogen-bond acceptors (Lipinski definition) is 5. The molecule has 0 saturated carbocycles. The molecule has 0 aliphatic rings. The Hall–Kier alpha value is -1.44. The Bertz CT molecular complexity index is 197. The quantitative estimate of drug-likeness (QED) is 0.463. The minimum atomic E-state index is -0.745. The van der Waals surface area contributed by atoms with Gasteiger partial charge in [-0.2, -0.15) is 5.26 Å². The Morgan fingerprint density at radius 2 is 2.42 bits per heavy atom. The molecule has 0 spiro atoms. The van der Waals surface area contributed by atoms with Gasteiger partial charge in [0.1, 0.15) is 0 Å². The van der Waals surface area contributed by atoms with Crippen LogP contribution in [0, 0.1) is 22.2 Å². The van der Waals surface area contributed by atoms with E-state index in [1.165, 1.54) is 0 Å². The summed E-state index contributed by atoms with van der Waals surface area (Å²) in [6.45, 7) is 1.91. The van der Waals surface area contributed by atoms with Crippen LogP contribution in [0.2, 0.25) is 0 Å². The number of rotatable bonds is 5. The third-order valence-electron chi connectivity index (χ3n) is 1.37. The van der Waals surface area contributed by atoms with Gasteiger partial charge in [-0.3, -0.25) is 4.84 Å². The zero-order valence-corrected chi connectivity index (χ0v) is 6.82. The second-order valence-electron chi connectivity index (χ2n) is 2.36. The summed E-state index contributed by atoms with van der Waals surface area (Å²) in [5, 5.41) is 10.5. The summed E-state index contributed by atoms with van der Waals surface area (Å²) < 4.78 is 0. The van der Waals surface area contributed by atoms with Crippen molar-refractivity contribution in [2.45, 2.75) is 26.2 Å². The average molecular weight is 170 g/mol. The van der Waals surface area contributed by atoms with Crippen LogP contribution >= 0.6 is 0 Å². The number of nitrogens with zero attached hydrogens (tertiary/aromatic N) is 2. The third kappa shape index (κ3) is 4.39. The molecule has 0 amide bonds. The lowest BCUT2D eigenvalue weighted by molar-refractivity contribution is -0.144. The van der Waals surface area contributed by atoms with Crippen LogP contribution in [0.5, 0.6) is 0 Å². The highest BCUT2D eigenvalue weighted by atomic mass is 16.7. The molecule has 0 aromatic carbocycles. The lowest BCUT2D eigenvalue weighted by Gasteiger charge is -2.02. The highest BCUT2D eigenvalue weighted by Gasteiger charge is 2.13. The largest absolute Gasteiger partial charge is 0.339 e. The topological polar surface area (TPSA) is 79.5 Å². The molecule has 0 N–H and O–H groups in total. The molecule has 0 aliphatic carbocycles. The van der Waals surface area contributed by atoms with Gasteiger partial charge in [-0.05, 0) is 6.42 Å². The van der Waals surface area contributed by atoms with E-state index in [1.807, 2.05) is 18.3 Å². The lowest BCUT2D eigenvalue weighted by Crippen LogP contribution is -2.07. The van der Waals surface area contributed by atoms with Crippen LogP contribution in [0.4, 0.5) is 0 Å². The zero-order chi connectivity index (χ0) is 9.40. The van der Waals surface area contributed by atoms with Crippen LogP contribution in [0.25, 0.3) is 0 Å². The molecule has 0 rings (SSSR count). The van der Waals surface area contributed by atoms with Crippen molar-refractivity contribution in [2.75, 3.05) is 0 Å². The number of carbonyl (C=O) groups excluding carboxylic acids is 1. The maximum atomic E-state index is 10.6. The summed E-state index contributed by atoms with van der Waals surface area (Å²) in [6, 6.07) is 1.95. The van der Waals surface area contributed by atoms with Gasteiger partial charge in [-0.15, -0.1) is 4.91 Å². The van der Waals surface area contributed by atoms with Crippen LogP contribution < -0.4 is 0 Å². The van der Waals surface area contributed by atoms with Gasteiger partial charge in [0.25, 0.3) is 0 Å². The van der Waals surface area contributed by atoms with Gasteiger partial charge in [0.05, 0.1) is 18.4 Å². The Kier molecular flexibility index (Phi) is 5.53. The molecule has 0 heterocycles. The van der Waals surface area contributed by atoms with Gasteiger partial charge in [-0.1, -0.05) is 13.3 Å². The van der Waals surface area contributed by atoms with Crippen LogP contribution in [0.1, 0.15) is 26.2 Å². The monoisotopic (exact) mass is 170 g/mol. The SMILES string of the molecule is CCCC(C#N)CC(=O)ON=O. The fraction of sp³-hybridized carbons (Fsp3) is 0.714. The van der Waals surface area contributed by atoms with Crippen molar-refractivity contribution in [1.29, 1.82) is 5.26 Å². The first-order chi connectivity index (χ1) is 5.74. The van der Waals surface area contributed by atoms with E-state index in [9.17, 15) is 9.70 Å². The van der Waals surface area contributed by atoms with Crippen LogP contribution in [-0.4, -0.2) is 5.97 Å². The number of carbonyl (C=O) groups is 1. The van der Waals surface area contributed by atoms with Gasteiger partial charge in [0.2, 0.25) is 0 Å². The first-order valence-electron chi connectivity index (χ1n) is 3.66. The van der Waals surface area contributed by atoms with Crippen molar-refractivity contribution < 1.29 is 9.63 Å². The van der Waals surface area contributed by atoms with Crippen molar-refractivity contribution in [3.63, 3.8) is 0 Å². The Morgan fingerprint density at radius 3 is 2.83 bits per heavy atom. The maximum Gasteiger partial charge on any atom is 0.339 e. The standard InChI is InChI=1S/C7H10N2O3/c1-2-3-6(5-8)4-7(10)12-9-11/h6H,2-4H2,1H3. The minimum absolute atomic E-state index is 0.0594. The second-order valence-corrected chi connectivity index (χ2v) is 2.36. The molecule has 0 bridgehead atoms. The van der Waals surface area contributed by atoms with E-state index in [4.69, 9.17) is 5.26 Å². The molecule has 1 atom stereocenters. The van der Waals surface area contributed by atoms with E-state index in [0.717, 1.165) is 6.42 Å². The third-order valence-corrected chi connectivity index (χ3v) is 1.37. The van der Waals surface area contributed by atoms with E-state index < -0.39 is 5.97 Å². The number of nitriles is 1. The normalized spacial score (nSPS) is 11.3. The Labute approximate surface area is 70.2 Å². The summed E-state index contributed by atoms with van der Waals surface area (Å²) >= 11 is 0. The van der Waals surface area contributed by atoms with E-state index in [1.54, 1.807) is 0 Å². The molecule has 0 aromatic rings. The second kappa shape index (κ2) is 6.28. The van der Waals surface area contributed by atoms with Crippen molar-refractivity contribution in [2.24, 2.45) is 11.3 Å². The van der Waals surface area contributed by atoms with Gasteiger partial charge in [0, 0.05) is 0 Å². The highest BCUT2D eigenvalue weighted by Crippen LogP contribution is 2.10. The smallest absolute Gasteiger partial charge is 0.285 e. The van der Waals surface area contributed by atoms with E-state index >= 15 is 0 Å². The van der Waals surface area contributed by atoms with Crippen LogP contribution in [-0.2, 0) is 9.63 Å². The molecule has 0 aromatic heterocycles. The summed E-state index contributed by atoms with van der Waals surface area (Å²) in [5.74, 6) is -1.12. The van der Waals surface area contributed by atoms with Gasteiger partial charge in [0.15, 0.2) is 5.34 Å². The molecule has 0 radical (unpaired) electrons. The fourth-order valence-electron chi connectivity index (χ4n) is 0.841. The predicted molar refractivity (Wildman–Crippen MR) is 40.5 cm³/mol. The fourth-order valence-corrected chi connectivity index (χ4v) is 0.841. The van der Waals surface area contributed by atoms with Gasteiger partial charge in [-0.25, -0.2) is 4.79 Å². The zero-order valence-electron chi connectivity index (χ0n) is 6.82. The van der Waals surface area contributed by atoms with Crippen LogP contribution in [0.3, 0.4) is 0 Å². The molecule has 5 heteroatoms. The van der Waals surface area contributed by atoms with Crippen LogP contribution in [0.15, 0.2) is 5.34 Å². The van der Waals surface area contributed by atoms with Crippen molar-refractivity contribution >= 4 is 5.97 Å². The molecule has 1 unspecified atom stereocenters. The predicted octanol–water partition coefficient (Wildman–Crippen LogP) is 1.54. The lowest BCUT2D eigenvalue weighted by atomic mass is 10.0. The molecule has 5 nitrogen and oxygen atoms in total. The summed E-state index contributed by atoms with van der Waals surface area (Å²) in [7, 11) is 0. The molecule has 0 aliphatic heterocycles. The summed E-state index contributed by atoms with van der Waals surface area (Å²) in [4.78, 5) is 23.9. The molecule has 12 heavy (non-hydrogen) atoms. The minimum Gasteiger partial charge on any atom is -0.285 e. The van der Waals surface area contributed by atoms with Crippen molar-refractivity contribution in [3.8, 4) is 6.07 Å². The van der Waals surface area contributed by atoms with Crippen molar-refractivity contribution in [3.05, 3.63) is 4.91 Å². The molecular weight excluding hydrogens is 160 g/mol. The molecule has 0 fully saturated rings. The maximum absolute atomic E-state index is 10.6. The summed E-state index contributed by atoms with van der Waals surface area (Å²) in [5.41, 5.74) is 0. The molecule has 0 saturated heterocycles. The first kappa shape index (κ1) is 10.6. The van der Waals surface area contributed by atoms with Gasteiger partial charge >= 0.3 is 5.97 Å². The molecular formula is C7H10N2O3. The summed E-state index contributed by atoms with van der Waals surface area (Å²) in [6.07, 6.45) is 1.39. The average Bonchev–Trinajstić information content (AvgIpc) is 2.04.